The van der Waals surface area contributed by atoms with Crippen LogP contribution in [0.2, 0.25) is 5.02 Å². The molecule has 3 N–H and O–H groups in total. The van der Waals surface area contributed by atoms with Gasteiger partial charge in [-0.25, -0.2) is 13.8 Å². The van der Waals surface area contributed by atoms with Gasteiger partial charge >= 0.3 is 0 Å². The van der Waals surface area contributed by atoms with E-state index in [9.17, 15) is 28.0 Å². The van der Waals surface area contributed by atoms with Crippen molar-refractivity contribution in [3.8, 4) is 0 Å². The highest BCUT2D eigenvalue weighted by Gasteiger charge is 2.33. The maximum atomic E-state index is 13.4. The molecule has 3 amide bonds. The molecule has 1 aliphatic rings. The number of Topliss-reactive ketones (excluding diaryl/α,β-unsaturated/α-hetero) is 1. The van der Waals surface area contributed by atoms with Crippen LogP contribution in [0.25, 0.3) is 0 Å². The lowest BCUT2D eigenvalue weighted by atomic mass is 10.0. The van der Waals surface area contributed by atoms with Crippen LogP contribution in [-0.4, -0.2) is 47.5 Å². The summed E-state index contributed by atoms with van der Waals surface area (Å²) in [5.41, 5.74) is 2.44. The summed E-state index contributed by atoms with van der Waals surface area (Å²) in [5, 5.41) is 7.35. The van der Waals surface area contributed by atoms with Crippen LogP contribution < -0.4 is 16.0 Å². The van der Waals surface area contributed by atoms with Gasteiger partial charge in [-0.15, -0.1) is 11.3 Å². The minimum atomic E-state index is -3.10. The molecule has 3 rings (SSSR count). The summed E-state index contributed by atoms with van der Waals surface area (Å²) in [6.07, 6.45) is 0.136. The number of nitrogens with one attached hydrogen (secondary N) is 3. The average Bonchev–Trinajstić information content (AvgIpc) is 3.39. The van der Waals surface area contributed by atoms with Crippen molar-refractivity contribution in [1.29, 1.82) is 0 Å². The van der Waals surface area contributed by atoms with E-state index in [0.717, 1.165) is 11.3 Å². The third kappa shape index (κ3) is 6.15. The fourth-order valence-corrected chi connectivity index (χ4v) is 4.65. The highest BCUT2D eigenvalue weighted by molar-refractivity contribution is 7.09. The Hall–Kier alpha value is -2.92. The Morgan fingerprint density at radius 1 is 1.29 bits per heavy atom. The van der Waals surface area contributed by atoms with Crippen molar-refractivity contribution >= 4 is 52.1 Å². The first-order valence-corrected chi connectivity index (χ1v) is 11.7. The Morgan fingerprint density at radius 3 is 2.71 bits per heavy atom. The van der Waals surface area contributed by atoms with E-state index in [1.807, 2.05) is 0 Å². The van der Waals surface area contributed by atoms with Crippen LogP contribution in [0.15, 0.2) is 23.7 Å². The zero-order chi connectivity index (χ0) is 25.0. The number of hydrogen-bond donors (Lipinski definition) is 3. The SMILES string of the molecule is CNC(=O)C(=O)[C@H](CCC(C)(F)F)NC(=O)c1cc(Cl)ccc1NC(=O)C1CCc2scnc21. The third-order valence-corrected chi connectivity index (χ3v) is 6.55. The minimum absolute atomic E-state index is 0.0738. The van der Waals surface area contributed by atoms with E-state index >= 15 is 0 Å². The predicted octanol–water partition coefficient (Wildman–Crippen LogP) is 3.31. The Balaban J connectivity index is 1.81. The fourth-order valence-electron chi connectivity index (χ4n) is 3.64. The van der Waals surface area contributed by atoms with Crippen molar-refractivity contribution in [2.45, 2.75) is 50.5 Å². The van der Waals surface area contributed by atoms with Crippen molar-refractivity contribution in [1.82, 2.24) is 15.6 Å². The number of fused-ring (bicyclic) bond motifs is 1. The number of aryl methyl sites for hydroxylation is 1. The van der Waals surface area contributed by atoms with Gasteiger partial charge in [0.15, 0.2) is 0 Å². The Bertz CT molecular complexity index is 1120. The molecule has 2 atom stereocenters. The maximum Gasteiger partial charge on any atom is 0.289 e. The summed E-state index contributed by atoms with van der Waals surface area (Å²) >= 11 is 7.52. The number of benzene rings is 1. The summed E-state index contributed by atoms with van der Waals surface area (Å²) in [7, 11) is 1.22. The first-order valence-electron chi connectivity index (χ1n) is 10.5. The van der Waals surface area contributed by atoms with Crippen LogP contribution in [0, 0.1) is 0 Å². The molecule has 1 aromatic heterocycles. The lowest BCUT2D eigenvalue weighted by Gasteiger charge is -2.20. The number of thiazole rings is 1. The highest BCUT2D eigenvalue weighted by Crippen LogP contribution is 2.35. The number of hydrogen-bond acceptors (Lipinski definition) is 6. The minimum Gasteiger partial charge on any atom is -0.353 e. The van der Waals surface area contributed by atoms with Crippen molar-refractivity contribution in [3.63, 3.8) is 0 Å². The Kier molecular flexibility index (Phi) is 7.98. The number of amides is 3. The monoisotopic (exact) mass is 512 g/mol. The second kappa shape index (κ2) is 10.6. The number of ketones is 1. The quantitative estimate of drug-likeness (QED) is 0.446. The molecule has 12 heteroatoms. The van der Waals surface area contributed by atoms with Crippen molar-refractivity contribution in [2.24, 2.45) is 0 Å². The third-order valence-electron chi connectivity index (χ3n) is 5.41. The number of nitrogens with zero attached hydrogens (tertiary/aromatic N) is 1. The molecule has 0 bridgehead atoms. The van der Waals surface area contributed by atoms with Crippen LogP contribution in [0.4, 0.5) is 14.5 Å². The molecule has 0 aliphatic heterocycles. The second-order valence-electron chi connectivity index (χ2n) is 8.01. The van der Waals surface area contributed by atoms with Gasteiger partial charge < -0.3 is 16.0 Å². The molecule has 1 aromatic carbocycles. The number of rotatable bonds is 9. The molecule has 0 saturated heterocycles. The van der Waals surface area contributed by atoms with Gasteiger partial charge in [-0.1, -0.05) is 11.6 Å². The Labute approximate surface area is 203 Å². The largest absolute Gasteiger partial charge is 0.353 e. The number of halogens is 3. The first kappa shape index (κ1) is 25.7. The van der Waals surface area contributed by atoms with E-state index in [0.29, 0.717) is 19.0 Å². The second-order valence-corrected chi connectivity index (χ2v) is 9.39. The number of carbonyl (C=O) groups excluding carboxylic acids is 4. The van der Waals surface area contributed by atoms with Gasteiger partial charge in [-0.2, -0.15) is 0 Å². The van der Waals surface area contributed by atoms with E-state index in [1.165, 1.54) is 36.6 Å². The zero-order valence-electron chi connectivity index (χ0n) is 18.4. The van der Waals surface area contributed by atoms with Gasteiger partial charge in [0.2, 0.25) is 17.6 Å². The van der Waals surface area contributed by atoms with Gasteiger partial charge in [0.05, 0.1) is 34.4 Å². The summed E-state index contributed by atoms with van der Waals surface area (Å²) < 4.78 is 26.8. The molecular weight excluding hydrogens is 490 g/mol. The Morgan fingerprint density at radius 2 is 2.03 bits per heavy atom. The van der Waals surface area contributed by atoms with E-state index in [4.69, 9.17) is 11.6 Å². The summed E-state index contributed by atoms with van der Waals surface area (Å²) in [5.74, 6) is -6.86. The number of alkyl halides is 2. The lowest BCUT2D eigenvalue weighted by Crippen LogP contribution is -2.47. The van der Waals surface area contributed by atoms with Gasteiger partial charge in [0.25, 0.3) is 11.8 Å². The first-order chi connectivity index (χ1) is 16.0. The number of aromatic nitrogens is 1. The molecule has 1 heterocycles. The van der Waals surface area contributed by atoms with Crippen LogP contribution >= 0.6 is 22.9 Å². The molecule has 0 saturated carbocycles. The molecule has 8 nitrogen and oxygen atoms in total. The van der Waals surface area contributed by atoms with E-state index in [2.05, 4.69) is 20.9 Å². The van der Waals surface area contributed by atoms with Gasteiger partial charge in [-0.05, 0) is 44.4 Å². The molecule has 0 spiro atoms. The standard InChI is InChI=1S/C22H23ClF2N4O4S/c1-22(24,25)8-7-15(18(30)21(33)26-2)29-20(32)13-9-11(23)3-5-14(13)28-19(31)12-4-6-16-17(12)27-10-34-16/h3,5,9-10,12,15H,4,6-8H2,1-2H3,(H,26,33)(H,28,31)(H,29,32)/t12?,15-/m0/s1. The van der Waals surface area contributed by atoms with E-state index in [-0.39, 0.29) is 22.2 Å². The van der Waals surface area contributed by atoms with Gasteiger partial charge in [0.1, 0.15) is 0 Å². The number of carbonyl (C=O) groups is 4. The van der Waals surface area contributed by atoms with Gasteiger partial charge in [-0.3, -0.25) is 19.2 Å². The molecule has 34 heavy (non-hydrogen) atoms. The molecule has 1 aliphatic carbocycles. The lowest BCUT2D eigenvalue weighted by molar-refractivity contribution is -0.139. The van der Waals surface area contributed by atoms with Crippen LogP contribution in [0.3, 0.4) is 0 Å². The molecule has 2 aromatic rings. The number of likely N-dealkylation sites (N-methyl/N-ethyl adjacent to an activating group) is 1. The van der Waals surface area contributed by atoms with Crippen LogP contribution in [0.1, 0.15) is 53.0 Å². The zero-order valence-corrected chi connectivity index (χ0v) is 20.0. The normalized spacial score (nSPS) is 15.9. The van der Waals surface area contributed by atoms with Crippen LogP contribution in [0.5, 0.6) is 0 Å². The van der Waals surface area contributed by atoms with E-state index < -0.39 is 48.3 Å². The highest BCUT2D eigenvalue weighted by atomic mass is 35.5. The molecule has 1 unspecified atom stereocenters. The van der Waals surface area contributed by atoms with E-state index in [1.54, 1.807) is 5.51 Å². The summed E-state index contributed by atoms with van der Waals surface area (Å²) in [6.45, 7) is 0.678. The molecular formula is C22H23ClF2N4O4S. The van der Waals surface area contributed by atoms with Gasteiger partial charge in [0, 0.05) is 23.4 Å². The molecule has 0 radical (unpaired) electrons. The maximum absolute atomic E-state index is 13.4. The number of anilines is 1. The molecule has 182 valence electrons. The van der Waals surface area contributed by atoms with Crippen molar-refractivity contribution in [3.05, 3.63) is 44.9 Å². The smallest absolute Gasteiger partial charge is 0.289 e. The average molecular weight is 513 g/mol. The van der Waals surface area contributed by atoms with Crippen LogP contribution in [-0.2, 0) is 20.8 Å². The summed E-state index contributed by atoms with van der Waals surface area (Å²) in [4.78, 5) is 55.4. The predicted molar refractivity (Wildman–Crippen MR) is 123 cm³/mol. The topological polar surface area (TPSA) is 117 Å². The van der Waals surface area contributed by atoms with Crippen molar-refractivity contribution in [2.75, 3.05) is 12.4 Å². The molecule has 0 fully saturated rings. The fraction of sp³-hybridized carbons (Fsp3) is 0.409. The van der Waals surface area contributed by atoms with Crippen molar-refractivity contribution < 1.29 is 28.0 Å². The summed E-state index contributed by atoms with van der Waals surface area (Å²) in [6, 6.07) is 2.70.